The number of benzene rings is 2. The van der Waals surface area contributed by atoms with E-state index in [-0.39, 0.29) is 16.5 Å². The standard InChI is InChI=1S/C21H12F8N2O5S/c22-13-14(23)16(25)19(17(26)15(13)24)36-37(33,34)9-3-4-10-8(6-9)7-12(35-20(32)21(27,28)29)31-18(10)11-2-1-5-30-11/h3-4,6-7,11,30H,1-2,5H2. The number of rotatable bonds is 5. The molecule has 2 aromatic carbocycles. The molecule has 0 spiro atoms. The Morgan fingerprint density at radius 1 is 0.973 bits per heavy atom. The topological polar surface area (TPSA) is 94.6 Å². The van der Waals surface area contributed by atoms with Gasteiger partial charge in [0.25, 0.3) is 0 Å². The van der Waals surface area contributed by atoms with Gasteiger partial charge in [-0.25, -0.2) is 22.9 Å². The maximum atomic E-state index is 13.9. The molecule has 1 saturated heterocycles. The molecule has 1 fully saturated rings. The highest BCUT2D eigenvalue weighted by Gasteiger charge is 2.42. The molecule has 0 aliphatic carbocycles. The molecule has 16 heteroatoms. The van der Waals surface area contributed by atoms with Gasteiger partial charge in [0.05, 0.1) is 11.7 Å². The highest BCUT2D eigenvalue weighted by Crippen LogP contribution is 2.35. The Morgan fingerprint density at radius 2 is 1.59 bits per heavy atom. The van der Waals surface area contributed by atoms with E-state index in [9.17, 15) is 48.3 Å². The summed E-state index contributed by atoms with van der Waals surface area (Å²) in [7, 11) is -5.25. The number of alkyl halides is 3. The lowest BCUT2D eigenvalue weighted by molar-refractivity contribution is -0.190. The first-order valence-corrected chi connectivity index (χ1v) is 11.5. The van der Waals surface area contributed by atoms with Crippen LogP contribution in [0.1, 0.15) is 24.6 Å². The summed E-state index contributed by atoms with van der Waals surface area (Å²) in [6.45, 7) is 0.530. The molecule has 1 aliphatic rings. The second-order valence-corrected chi connectivity index (χ2v) is 9.25. The van der Waals surface area contributed by atoms with Gasteiger partial charge in [-0.05, 0) is 36.9 Å². The van der Waals surface area contributed by atoms with Crippen molar-refractivity contribution in [2.45, 2.75) is 30.0 Å². The molecule has 3 aromatic rings. The summed E-state index contributed by atoms with van der Waals surface area (Å²) in [6, 6.07) is 3.09. The van der Waals surface area contributed by atoms with Gasteiger partial charge >= 0.3 is 22.3 Å². The summed E-state index contributed by atoms with van der Waals surface area (Å²) in [5, 5.41) is 3.09. The number of pyridine rings is 1. The third-order valence-corrected chi connectivity index (χ3v) is 6.50. The number of hydrogen-bond donors (Lipinski definition) is 1. The zero-order valence-electron chi connectivity index (χ0n) is 17.9. The number of nitrogens with one attached hydrogen (secondary N) is 1. The molecule has 0 amide bonds. The zero-order valence-corrected chi connectivity index (χ0v) is 18.7. The molecular formula is C21H12F8N2O5S. The average Bonchev–Trinajstić information content (AvgIpc) is 3.37. The van der Waals surface area contributed by atoms with Crippen LogP contribution < -0.4 is 14.2 Å². The SMILES string of the molecule is O=C(Oc1cc2cc(S(=O)(=O)Oc3c(F)c(F)c(F)c(F)c3F)ccc2c(C2CCCN2)n1)C(F)(F)F. The monoisotopic (exact) mass is 556 g/mol. The summed E-state index contributed by atoms with van der Waals surface area (Å²) >= 11 is 0. The fraction of sp³-hybridized carbons (Fsp3) is 0.238. The van der Waals surface area contributed by atoms with Crippen molar-refractivity contribution in [1.29, 1.82) is 0 Å². The van der Waals surface area contributed by atoms with Crippen LogP contribution in [0.4, 0.5) is 35.1 Å². The molecule has 1 atom stereocenters. The van der Waals surface area contributed by atoms with E-state index in [1.165, 1.54) is 0 Å². The Morgan fingerprint density at radius 3 is 2.16 bits per heavy atom. The van der Waals surface area contributed by atoms with Crippen molar-refractivity contribution in [3.63, 3.8) is 0 Å². The first-order valence-electron chi connectivity index (χ1n) is 10.1. The summed E-state index contributed by atoms with van der Waals surface area (Å²) < 4.78 is 140. The van der Waals surface area contributed by atoms with Crippen LogP contribution in [0.25, 0.3) is 10.8 Å². The third kappa shape index (κ3) is 5.02. The Balaban J connectivity index is 1.81. The number of aromatic nitrogens is 1. The number of hydrogen-bond acceptors (Lipinski definition) is 7. The van der Waals surface area contributed by atoms with Crippen molar-refractivity contribution in [2.75, 3.05) is 6.54 Å². The average molecular weight is 556 g/mol. The second kappa shape index (κ2) is 9.41. The Kier molecular flexibility index (Phi) is 6.74. The molecule has 1 aliphatic heterocycles. The molecule has 7 nitrogen and oxygen atoms in total. The van der Waals surface area contributed by atoms with Crippen LogP contribution in [-0.2, 0) is 14.9 Å². The van der Waals surface area contributed by atoms with Crippen molar-refractivity contribution in [1.82, 2.24) is 10.3 Å². The molecule has 2 heterocycles. The quantitative estimate of drug-likeness (QED) is 0.162. The van der Waals surface area contributed by atoms with Gasteiger partial charge in [0.1, 0.15) is 4.90 Å². The molecule has 0 radical (unpaired) electrons. The largest absolute Gasteiger partial charge is 0.491 e. The van der Waals surface area contributed by atoms with E-state index in [1.54, 1.807) is 0 Å². The van der Waals surface area contributed by atoms with Gasteiger partial charge in [-0.3, -0.25) is 0 Å². The Labute approximate surface area is 202 Å². The third-order valence-electron chi connectivity index (χ3n) is 5.28. The number of carbonyl (C=O) groups excluding carboxylic acids is 1. The summed E-state index contributed by atoms with van der Waals surface area (Å²) in [5.74, 6) is -18.0. The lowest BCUT2D eigenvalue weighted by Gasteiger charge is -2.16. The van der Waals surface area contributed by atoms with Crippen molar-refractivity contribution in [3.05, 3.63) is 59.0 Å². The normalized spacial score (nSPS) is 16.3. The fourth-order valence-electron chi connectivity index (χ4n) is 3.60. The van der Waals surface area contributed by atoms with Gasteiger partial charge in [-0.2, -0.15) is 30.4 Å². The molecule has 1 N–H and O–H groups in total. The van der Waals surface area contributed by atoms with E-state index in [2.05, 4.69) is 19.2 Å². The molecule has 0 saturated carbocycles. The van der Waals surface area contributed by atoms with Gasteiger partial charge < -0.3 is 14.2 Å². The smallest absolute Gasteiger partial charge is 0.401 e. The summed E-state index contributed by atoms with van der Waals surface area (Å²) in [6.07, 6.45) is -4.21. The highest BCUT2D eigenvalue weighted by molar-refractivity contribution is 7.87. The predicted molar refractivity (Wildman–Crippen MR) is 107 cm³/mol. The van der Waals surface area contributed by atoms with E-state index in [4.69, 9.17) is 0 Å². The number of fused-ring (bicyclic) bond motifs is 1. The first-order chi connectivity index (χ1) is 17.2. The lowest BCUT2D eigenvalue weighted by Crippen LogP contribution is -2.28. The molecule has 4 rings (SSSR count). The predicted octanol–water partition coefficient (Wildman–Crippen LogP) is 4.59. The number of esters is 1. The molecular weight excluding hydrogens is 544 g/mol. The van der Waals surface area contributed by atoms with Crippen LogP contribution in [0.2, 0.25) is 0 Å². The number of ether oxygens (including phenoxy) is 1. The van der Waals surface area contributed by atoms with Gasteiger partial charge in [-0.1, -0.05) is 6.07 Å². The van der Waals surface area contributed by atoms with Crippen LogP contribution in [0.15, 0.2) is 29.2 Å². The van der Waals surface area contributed by atoms with Crippen LogP contribution in [0.5, 0.6) is 11.6 Å². The number of halogens is 8. The Hall–Kier alpha value is -3.53. The molecule has 0 bridgehead atoms. The summed E-state index contributed by atoms with van der Waals surface area (Å²) in [5.41, 5.74) is 0.115. The fourth-order valence-corrected chi connectivity index (χ4v) is 4.57. The van der Waals surface area contributed by atoms with Crippen molar-refractivity contribution in [3.8, 4) is 11.6 Å². The summed E-state index contributed by atoms with van der Waals surface area (Å²) in [4.78, 5) is 14.4. The van der Waals surface area contributed by atoms with Crippen LogP contribution in [0.3, 0.4) is 0 Å². The molecule has 37 heavy (non-hydrogen) atoms. The highest BCUT2D eigenvalue weighted by atomic mass is 32.2. The minimum atomic E-state index is -5.37. The lowest BCUT2D eigenvalue weighted by atomic mass is 10.0. The van der Waals surface area contributed by atoms with E-state index >= 15 is 0 Å². The van der Waals surface area contributed by atoms with Crippen molar-refractivity contribution < 1.29 is 57.3 Å². The minimum Gasteiger partial charge on any atom is -0.401 e. The zero-order chi connectivity index (χ0) is 27.3. The maximum Gasteiger partial charge on any atom is 0.491 e. The van der Waals surface area contributed by atoms with Gasteiger partial charge in [0.15, 0.2) is 0 Å². The van der Waals surface area contributed by atoms with Crippen LogP contribution in [-0.4, -0.2) is 32.1 Å². The van der Waals surface area contributed by atoms with Gasteiger partial charge in [-0.15, -0.1) is 0 Å². The number of carbonyl (C=O) groups is 1. The van der Waals surface area contributed by atoms with Crippen LogP contribution >= 0.6 is 0 Å². The van der Waals surface area contributed by atoms with Crippen molar-refractivity contribution in [2.24, 2.45) is 0 Å². The van der Waals surface area contributed by atoms with E-state index in [0.29, 0.717) is 19.4 Å². The Bertz CT molecular complexity index is 1490. The first kappa shape index (κ1) is 26.5. The van der Waals surface area contributed by atoms with Crippen LogP contribution in [0, 0.1) is 29.1 Å². The number of nitrogens with zero attached hydrogens (tertiary/aromatic N) is 1. The van der Waals surface area contributed by atoms with E-state index in [1.807, 2.05) is 0 Å². The maximum absolute atomic E-state index is 13.9. The molecule has 1 aromatic heterocycles. The van der Waals surface area contributed by atoms with Gasteiger partial charge in [0.2, 0.25) is 40.7 Å². The second-order valence-electron chi connectivity index (χ2n) is 7.70. The molecule has 1 unspecified atom stereocenters. The van der Waals surface area contributed by atoms with E-state index in [0.717, 1.165) is 24.3 Å². The van der Waals surface area contributed by atoms with Gasteiger partial charge in [0, 0.05) is 11.5 Å². The molecule has 198 valence electrons. The van der Waals surface area contributed by atoms with E-state index < -0.39 is 73.9 Å². The van der Waals surface area contributed by atoms with Crippen molar-refractivity contribution >= 4 is 26.9 Å². The minimum absolute atomic E-state index is 0.115.